The van der Waals surface area contributed by atoms with Crippen molar-refractivity contribution in [1.29, 1.82) is 0 Å². The van der Waals surface area contributed by atoms with Gasteiger partial charge in [-0.3, -0.25) is 14.5 Å². The van der Waals surface area contributed by atoms with Gasteiger partial charge in [0, 0.05) is 19.7 Å². The maximum atomic E-state index is 12.9. The zero-order valence-electron chi connectivity index (χ0n) is 14.0. The second-order valence-corrected chi connectivity index (χ2v) is 5.43. The van der Waals surface area contributed by atoms with Gasteiger partial charge in [-0.2, -0.15) is 13.2 Å². The number of ether oxygens (including phenoxy) is 1. The van der Waals surface area contributed by atoms with E-state index in [1.165, 1.54) is 13.2 Å². The lowest BCUT2D eigenvalue weighted by atomic mass is 10.0. The summed E-state index contributed by atoms with van der Waals surface area (Å²) in [5.41, 5.74) is -0.365. The first kappa shape index (κ1) is 20.9. The van der Waals surface area contributed by atoms with Crippen LogP contribution in [0, 0.1) is 0 Å². The number of halogens is 3. The number of hydrogen-bond donors (Lipinski definition) is 2. The number of methoxy groups -OCH3 is 1. The van der Waals surface area contributed by atoms with Crippen LogP contribution < -0.4 is 5.32 Å². The number of aliphatic carboxylic acids is 1. The first-order valence-electron chi connectivity index (χ1n) is 7.53. The normalized spacial score (nSPS) is 12.9. The molecular weight excluding hydrogens is 341 g/mol. The fraction of sp³-hybridized carbons (Fsp3) is 0.500. The highest BCUT2D eigenvalue weighted by atomic mass is 19.4. The number of rotatable bonds is 9. The molecule has 0 saturated carbocycles. The quantitative estimate of drug-likeness (QED) is 0.702. The molecule has 1 amide bonds. The lowest BCUT2D eigenvalue weighted by Crippen LogP contribution is -2.41. The molecule has 0 aliphatic rings. The number of carboxylic acids is 1. The minimum absolute atomic E-state index is 0.159. The summed E-state index contributed by atoms with van der Waals surface area (Å²) in [6, 6.07) is 4.39. The van der Waals surface area contributed by atoms with Crippen molar-refractivity contribution in [2.24, 2.45) is 0 Å². The molecule has 0 aliphatic carbocycles. The molecule has 0 radical (unpaired) electrons. The molecule has 0 fully saturated rings. The van der Waals surface area contributed by atoms with Crippen molar-refractivity contribution in [1.82, 2.24) is 10.2 Å². The minimum Gasteiger partial charge on any atom is -0.480 e. The van der Waals surface area contributed by atoms with E-state index in [0.717, 1.165) is 12.1 Å². The fourth-order valence-electron chi connectivity index (χ4n) is 2.22. The van der Waals surface area contributed by atoms with Crippen molar-refractivity contribution in [2.75, 3.05) is 33.4 Å². The van der Waals surface area contributed by atoms with Crippen LogP contribution in [0.2, 0.25) is 0 Å². The van der Waals surface area contributed by atoms with Crippen molar-refractivity contribution in [3.8, 4) is 0 Å². The molecule has 0 bridgehead atoms. The molecule has 0 aromatic heterocycles. The first-order valence-corrected chi connectivity index (χ1v) is 7.53. The number of alkyl halides is 3. The highest BCUT2D eigenvalue weighted by Crippen LogP contribution is 2.31. The van der Waals surface area contributed by atoms with E-state index in [-0.39, 0.29) is 13.2 Å². The molecule has 2 N–H and O–H groups in total. The summed E-state index contributed by atoms with van der Waals surface area (Å²) in [6.07, 6.45) is -4.45. The molecule has 0 spiro atoms. The zero-order valence-corrected chi connectivity index (χ0v) is 14.0. The second-order valence-electron chi connectivity index (χ2n) is 5.43. The number of benzene rings is 1. The monoisotopic (exact) mass is 362 g/mol. The molecule has 0 saturated heterocycles. The number of carbonyl (C=O) groups excluding carboxylic acids is 1. The maximum absolute atomic E-state index is 12.9. The van der Waals surface area contributed by atoms with Crippen molar-refractivity contribution >= 4 is 11.9 Å². The van der Waals surface area contributed by atoms with E-state index in [9.17, 15) is 22.8 Å². The van der Waals surface area contributed by atoms with Gasteiger partial charge in [-0.15, -0.1) is 0 Å². The third-order valence-corrected chi connectivity index (χ3v) is 3.61. The molecule has 1 unspecified atom stereocenters. The Labute approximate surface area is 143 Å². The molecule has 9 heteroatoms. The van der Waals surface area contributed by atoms with E-state index in [1.54, 1.807) is 17.9 Å². The van der Waals surface area contributed by atoms with Gasteiger partial charge < -0.3 is 15.2 Å². The van der Waals surface area contributed by atoms with E-state index in [1.807, 2.05) is 0 Å². The van der Waals surface area contributed by atoms with Gasteiger partial charge in [0.25, 0.3) is 0 Å². The van der Waals surface area contributed by atoms with Crippen LogP contribution in [0.3, 0.4) is 0 Å². The Kier molecular flexibility index (Phi) is 7.85. The summed E-state index contributed by atoms with van der Waals surface area (Å²) in [4.78, 5) is 24.0. The molecule has 1 aromatic carbocycles. The number of nitrogens with one attached hydrogen (secondary N) is 1. The van der Waals surface area contributed by atoms with Gasteiger partial charge in [0.2, 0.25) is 5.91 Å². The van der Waals surface area contributed by atoms with Gasteiger partial charge in [-0.25, -0.2) is 0 Å². The maximum Gasteiger partial charge on any atom is 0.416 e. The number of hydrogen-bond acceptors (Lipinski definition) is 4. The van der Waals surface area contributed by atoms with Crippen LogP contribution in [-0.4, -0.2) is 55.2 Å². The Morgan fingerprint density at radius 1 is 1.36 bits per heavy atom. The minimum atomic E-state index is -4.45. The van der Waals surface area contributed by atoms with E-state index in [0.29, 0.717) is 12.1 Å². The third kappa shape index (κ3) is 7.10. The molecule has 0 aliphatic heterocycles. The lowest BCUT2D eigenvalue weighted by Gasteiger charge is -2.29. The van der Waals surface area contributed by atoms with Crippen molar-refractivity contribution in [3.05, 3.63) is 35.4 Å². The molecule has 1 aromatic rings. The van der Waals surface area contributed by atoms with Gasteiger partial charge in [-0.05, 0) is 24.6 Å². The second kappa shape index (κ2) is 9.38. The average molecular weight is 362 g/mol. The van der Waals surface area contributed by atoms with Crippen molar-refractivity contribution in [2.45, 2.75) is 19.1 Å². The van der Waals surface area contributed by atoms with E-state index in [2.05, 4.69) is 5.32 Å². The third-order valence-electron chi connectivity index (χ3n) is 3.61. The van der Waals surface area contributed by atoms with Crippen molar-refractivity contribution in [3.63, 3.8) is 0 Å². The van der Waals surface area contributed by atoms with Gasteiger partial charge in [0.05, 0.1) is 18.7 Å². The SMILES string of the molecule is COCCN(CC(=O)NCC(=O)O)C(C)c1cccc(C(F)(F)F)c1. The van der Waals surface area contributed by atoms with Gasteiger partial charge in [-0.1, -0.05) is 12.1 Å². The predicted octanol–water partition coefficient (Wildman–Crippen LogP) is 1.92. The highest BCUT2D eigenvalue weighted by Gasteiger charge is 2.31. The van der Waals surface area contributed by atoms with Gasteiger partial charge in [0.1, 0.15) is 6.54 Å². The molecule has 1 atom stereocenters. The summed E-state index contributed by atoms with van der Waals surface area (Å²) in [6.45, 7) is 1.57. The Balaban J connectivity index is 2.90. The van der Waals surface area contributed by atoms with Crippen LogP contribution in [0.1, 0.15) is 24.1 Å². The smallest absolute Gasteiger partial charge is 0.416 e. The molecule has 140 valence electrons. The standard InChI is InChI=1S/C16H21F3N2O4/c1-11(12-4-3-5-13(8-12)16(17,18)19)21(6-7-25-2)10-14(22)20-9-15(23)24/h3-5,8,11H,6-7,9-10H2,1-2H3,(H,20,22)(H,23,24). The topological polar surface area (TPSA) is 78.9 Å². The van der Waals surface area contributed by atoms with Crippen LogP contribution in [0.5, 0.6) is 0 Å². The van der Waals surface area contributed by atoms with Crippen LogP contribution in [-0.2, 0) is 20.5 Å². The number of carbonyl (C=O) groups is 2. The fourth-order valence-corrected chi connectivity index (χ4v) is 2.22. The Morgan fingerprint density at radius 2 is 2.04 bits per heavy atom. The zero-order chi connectivity index (χ0) is 19.0. The highest BCUT2D eigenvalue weighted by molar-refractivity contribution is 5.82. The van der Waals surface area contributed by atoms with Crippen LogP contribution >= 0.6 is 0 Å². The predicted molar refractivity (Wildman–Crippen MR) is 84.0 cm³/mol. The Bertz CT molecular complexity index is 593. The summed E-state index contributed by atoms with van der Waals surface area (Å²) in [5, 5.41) is 10.8. The van der Waals surface area contributed by atoms with Gasteiger partial charge >= 0.3 is 12.1 Å². The van der Waals surface area contributed by atoms with E-state index in [4.69, 9.17) is 9.84 Å². The van der Waals surface area contributed by atoms with Crippen LogP contribution in [0.4, 0.5) is 13.2 Å². The van der Waals surface area contributed by atoms with Crippen LogP contribution in [0.15, 0.2) is 24.3 Å². The molecule has 0 heterocycles. The van der Waals surface area contributed by atoms with E-state index < -0.39 is 36.2 Å². The number of nitrogens with zero attached hydrogens (tertiary/aromatic N) is 1. The Hall–Kier alpha value is -2.13. The summed E-state index contributed by atoms with van der Waals surface area (Å²) in [5.74, 6) is -1.71. The molecule has 25 heavy (non-hydrogen) atoms. The Morgan fingerprint density at radius 3 is 2.60 bits per heavy atom. The lowest BCUT2D eigenvalue weighted by molar-refractivity contribution is -0.138. The van der Waals surface area contributed by atoms with Gasteiger partial charge in [0.15, 0.2) is 0 Å². The molecule has 1 rings (SSSR count). The average Bonchev–Trinajstić information content (AvgIpc) is 2.55. The number of carboxylic acid groups (broad SMARTS) is 1. The van der Waals surface area contributed by atoms with Crippen LogP contribution in [0.25, 0.3) is 0 Å². The van der Waals surface area contributed by atoms with E-state index >= 15 is 0 Å². The molecular formula is C16H21F3N2O4. The first-order chi connectivity index (χ1) is 11.6. The summed E-state index contributed by atoms with van der Waals surface area (Å²) >= 11 is 0. The molecule has 6 nitrogen and oxygen atoms in total. The number of amides is 1. The summed E-state index contributed by atoms with van der Waals surface area (Å²) < 4.78 is 43.6. The van der Waals surface area contributed by atoms with Crippen molar-refractivity contribution < 1.29 is 32.6 Å². The summed E-state index contributed by atoms with van der Waals surface area (Å²) in [7, 11) is 1.47. The largest absolute Gasteiger partial charge is 0.480 e.